The van der Waals surface area contributed by atoms with Crippen LogP contribution in [0.5, 0.6) is 11.5 Å². The van der Waals surface area contributed by atoms with Gasteiger partial charge in [0.15, 0.2) is 0 Å². The van der Waals surface area contributed by atoms with Gasteiger partial charge in [0, 0.05) is 24.1 Å². The van der Waals surface area contributed by atoms with Crippen LogP contribution in [0.25, 0.3) is 0 Å². The molecule has 0 spiro atoms. The molecular formula is C29H41NO5. The maximum Gasteiger partial charge on any atom is 0.303 e. The van der Waals surface area contributed by atoms with Crippen LogP contribution in [0.4, 0.5) is 5.69 Å². The zero-order chi connectivity index (χ0) is 26.0. The van der Waals surface area contributed by atoms with E-state index in [2.05, 4.69) is 33.0 Å². The predicted octanol–water partition coefficient (Wildman–Crippen LogP) is 6.71. The van der Waals surface area contributed by atoms with Gasteiger partial charge < -0.3 is 19.9 Å². The van der Waals surface area contributed by atoms with Gasteiger partial charge in [-0.3, -0.25) is 9.59 Å². The Bertz CT molecular complexity index is 971. The number of ether oxygens (including phenoxy) is 2. The molecule has 0 bridgehead atoms. The van der Waals surface area contributed by atoms with Gasteiger partial charge in [-0.15, -0.1) is 0 Å². The van der Waals surface area contributed by atoms with E-state index in [1.807, 2.05) is 36.4 Å². The Morgan fingerprint density at radius 1 is 1.03 bits per heavy atom. The number of amides is 1. The first-order valence-corrected chi connectivity index (χ1v) is 12.5. The van der Waals surface area contributed by atoms with Gasteiger partial charge in [-0.25, -0.2) is 0 Å². The number of carboxylic acids is 1. The minimum atomic E-state index is -0.837. The molecule has 1 atom stereocenters. The van der Waals surface area contributed by atoms with E-state index >= 15 is 0 Å². The zero-order valence-corrected chi connectivity index (χ0v) is 22.1. The molecule has 35 heavy (non-hydrogen) atoms. The maximum atomic E-state index is 13.4. The van der Waals surface area contributed by atoms with E-state index in [9.17, 15) is 9.59 Å². The molecule has 6 nitrogen and oxygen atoms in total. The summed E-state index contributed by atoms with van der Waals surface area (Å²) in [6.07, 6.45) is 4.81. The molecule has 0 aromatic heterocycles. The third kappa shape index (κ3) is 8.30. The lowest BCUT2D eigenvalue weighted by atomic mass is 9.84. The number of carbonyl (C=O) groups excluding carboxylic acids is 1. The Balaban J connectivity index is 2.35. The molecule has 0 aliphatic heterocycles. The fourth-order valence-electron chi connectivity index (χ4n) is 4.45. The molecule has 0 saturated heterocycles. The Morgan fingerprint density at radius 3 is 2.23 bits per heavy atom. The van der Waals surface area contributed by atoms with E-state index in [0.29, 0.717) is 12.8 Å². The number of unbranched alkanes of at least 4 members (excludes halogenated alkanes) is 2. The molecule has 2 N–H and O–H groups in total. The second-order valence-corrected chi connectivity index (χ2v) is 10.0. The van der Waals surface area contributed by atoms with Gasteiger partial charge in [0.2, 0.25) is 5.91 Å². The molecule has 2 rings (SSSR count). The highest BCUT2D eigenvalue weighted by Gasteiger charge is 2.25. The molecule has 2 aromatic rings. The molecule has 6 heteroatoms. The van der Waals surface area contributed by atoms with Crippen molar-refractivity contribution in [3.8, 4) is 11.5 Å². The van der Waals surface area contributed by atoms with E-state index in [1.165, 1.54) is 0 Å². The van der Waals surface area contributed by atoms with E-state index in [0.717, 1.165) is 59.6 Å². The lowest BCUT2D eigenvalue weighted by molar-refractivity contribution is -0.137. The number of nitrogens with one attached hydrogen (secondary N) is 1. The van der Waals surface area contributed by atoms with Crippen LogP contribution in [0.2, 0.25) is 0 Å². The summed E-state index contributed by atoms with van der Waals surface area (Å²) in [5.74, 6) is 0.479. The van der Waals surface area contributed by atoms with Gasteiger partial charge in [-0.1, -0.05) is 65.2 Å². The van der Waals surface area contributed by atoms with Crippen LogP contribution in [0.15, 0.2) is 36.4 Å². The molecule has 0 saturated carbocycles. The standard InChI is InChI=1S/C29H41NO5/c1-7-8-9-11-21(28-24(34-5)12-10-13-25(28)35-6)19-26(31)30-23-18-20(15-17-27(32)33)14-16-22(23)29(2,3)4/h10,12-14,16,18,21H,7-9,11,15,17,19H2,1-6H3,(H,30,31)(H,32,33). The van der Waals surface area contributed by atoms with Crippen molar-refractivity contribution in [1.82, 2.24) is 0 Å². The predicted molar refractivity (Wildman–Crippen MR) is 141 cm³/mol. The van der Waals surface area contributed by atoms with Gasteiger partial charge in [0.1, 0.15) is 11.5 Å². The Labute approximate surface area is 210 Å². The van der Waals surface area contributed by atoms with E-state index in [4.69, 9.17) is 14.6 Å². The number of methoxy groups -OCH3 is 2. The summed E-state index contributed by atoms with van der Waals surface area (Å²) >= 11 is 0. The number of carbonyl (C=O) groups is 2. The second kappa shape index (κ2) is 13.2. The van der Waals surface area contributed by atoms with Crippen LogP contribution in [0.3, 0.4) is 0 Å². The number of rotatable bonds is 13. The van der Waals surface area contributed by atoms with E-state index in [-0.39, 0.29) is 23.7 Å². The van der Waals surface area contributed by atoms with Crippen molar-refractivity contribution in [3.05, 3.63) is 53.1 Å². The minimum absolute atomic E-state index is 0.0509. The number of anilines is 1. The fourth-order valence-corrected chi connectivity index (χ4v) is 4.45. The van der Waals surface area contributed by atoms with Gasteiger partial charge in [0.25, 0.3) is 0 Å². The highest BCUT2D eigenvalue weighted by atomic mass is 16.5. The second-order valence-electron chi connectivity index (χ2n) is 10.0. The van der Waals surface area contributed by atoms with Crippen molar-refractivity contribution in [2.75, 3.05) is 19.5 Å². The summed E-state index contributed by atoms with van der Waals surface area (Å²) in [7, 11) is 3.28. The van der Waals surface area contributed by atoms with Gasteiger partial charge in [-0.2, -0.15) is 0 Å². The van der Waals surface area contributed by atoms with Crippen LogP contribution in [-0.2, 0) is 21.4 Å². The number of aliphatic carboxylic acids is 1. The van der Waals surface area contributed by atoms with E-state index in [1.54, 1.807) is 14.2 Å². The zero-order valence-electron chi connectivity index (χ0n) is 22.1. The molecular weight excluding hydrogens is 442 g/mol. The normalized spacial score (nSPS) is 12.2. The number of carboxylic acid groups (broad SMARTS) is 1. The average molecular weight is 484 g/mol. The lowest BCUT2D eigenvalue weighted by Crippen LogP contribution is -2.21. The van der Waals surface area contributed by atoms with Crippen molar-refractivity contribution in [2.45, 2.75) is 84.0 Å². The van der Waals surface area contributed by atoms with E-state index < -0.39 is 5.97 Å². The molecule has 0 aliphatic carbocycles. The summed E-state index contributed by atoms with van der Waals surface area (Å²) in [5.41, 5.74) is 3.39. The first-order chi connectivity index (χ1) is 16.6. The molecule has 0 radical (unpaired) electrons. The van der Waals surface area contributed by atoms with Gasteiger partial charge in [0.05, 0.1) is 14.2 Å². The van der Waals surface area contributed by atoms with Crippen LogP contribution >= 0.6 is 0 Å². The molecule has 0 fully saturated rings. The van der Waals surface area contributed by atoms with Crippen molar-refractivity contribution in [2.24, 2.45) is 0 Å². The van der Waals surface area contributed by atoms with Crippen LogP contribution in [-0.4, -0.2) is 31.2 Å². The molecule has 1 unspecified atom stereocenters. The number of hydrogen-bond acceptors (Lipinski definition) is 4. The molecule has 2 aromatic carbocycles. The summed E-state index contributed by atoms with van der Waals surface area (Å²) < 4.78 is 11.3. The monoisotopic (exact) mass is 483 g/mol. The lowest BCUT2D eigenvalue weighted by Gasteiger charge is -2.25. The van der Waals surface area contributed by atoms with Crippen molar-refractivity contribution < 1.29 is 24.2 Å². The van der Waals surface area contributed by atoms with Gasteiger partial charge >= 0.3 is 5.97 Å². The Hall–Kier alpha value is -3.02. The smallest absolute Gasteiger partial charge is 0.303 e. The number of hydrogen-bond donors (Lipinski definition) is 2. The quantitative estimate of drug-likeness (QED) is 0.309. The number of benzene rings is 2. The number of aryl methyl sites for hydroxylation is 1. The topological polar surface area (TPSA) is 84.9 Å². The van der Waals surface area contributed by atoms with Crippen LogP contribution in [0, 0.1) is 0 Å². The van der Waals surface area contributed by atoms with Crippen molar-refractivity contribution in [1.29, 1.82) is 0 Å². The highest BCUT2D eigenvalue weighted by Crippen LogP contribution is 2.40. The maximum absolute atomic E-state index is 13.4. The summed E-state index contributed by atoms with van der Waals surface area (Å²) in [6.45, 7) is 8.46. The summed E-state index contributed by atoms with van der Waals surface area (Å²) in [4.78, 5) is 24.4. The SMILES string of the molecule is CCCCCC(CC(=O)Nc1cc(CCC(=O)O)ccc1C(C)(C)C)c1c(OC)cccc1OC. The highest BCUT2D eigenvalue weighted by molar-refractivity contribution is 5.92. The third-order valence-electron chi connectivity index (χ3n) is 6.26. The first-order valence-electron chi connectivity index (χ1n) is 12.5. The first kappa shape index (κ1) is 28.2. The third-order valence-corrected chi connectivity index (χ3v) is 6.26. The largest absolute Gasteiger partial charge is 0.496 e. The average Bonchev–Trinajstić information content (AvgIpc) is 2.81. The fraction of sp³-hybridized carbons (Fsp3) is 0.517. The van der Waals surface area contributed by atoms with Crippen LogP contribution < -0.4 is 14.8 Å². The Kier molecular flexibility index (Phi) is 10.6. The Morgan fingerprint density at radius 2 is 1.69 bits per heavy atom. The molecule has 0 aliphatic rings. The van der Waals surface area contributed by atoms with Gasteiger partial charge in [-0.05, 0) is 53.5 Å². The molecule has 192 valence electrons. The molecule has 0 heterocycles. The van der Waals surface area contributed by atoms with Crippen molar-refractivity contribution in [3.63, 3.8) is 0 Å². The summed E-state index contributed by atoms with van der Waals surface area (Å²) in [5, 5.41) is 12.2. The molecule has 1 amide bonds. The van der Waals surface area contributed by atoms with Crippen molar-refractivity contribution >= 4 is 17.6 Å². The summed E-state index contributed by atoms with van der Waals surface area (Å²) in [6, 6.07) is 11.6. The minimum Gasteiger partial charge on any atom is -0.496 e. The van der Waals surface area contributed by atoms with Crippen LogP contribution in [0.1, 0.15) is 88.8 Å².